The molecule has 1 amide bonds. The summed E-state index contributed by atoms with van der Waals surface area (Å²) >= 11 is 1.28. The highest BCUT2D eigenvalue weighted by Gasteiger charge is 2.22. The van der Waals surface area contributed by atoms with Crippen LogP contribution in [0.5, 0.6) is 0 Å². The highest BCUT2D eigenvalue weighted by molar-refractivity contribution is 7.15. The number of aryl methyl sites for hydroxylation is 1. The van der Waals surface area contributed by atoms with Gasteiger partial charge in [0.2, 0.25) is 11.0 Å². The number of nitrogens with zero attached hydrogens (tertiary/aromatic N) is 2. The Morgan fingerprint density at radius 1 is 1.53 bits per heavy atom. The van der Waals surface area contributed by atoms with Gasteiger partial charge in [0.05, 0.1) is 19.6 Å². The predicted octanol–water partition coefficient (Wildman–Crippen LogP) is 0.334. The maximum Gasteiger partial charge on any atom is 0.305 e. The minimum absolute atomic E-state index is 0.0758. The lowest BCUT2D eigenvalue weighted by Gasteiger charge is -2.07. The highest BCUT2D eigenvalue weighted by atomic mass is 32.1. The molecule has 1 unspecified atom stereocenters. The van der Waals surface area contributed by atoms with Crippen LogP contribution in [0.3, 0.4) is 0 Å². The fraction of sp³-hybridized carbons (Fsp3) is 0.636. The number of ether oxygens (including phenoxy) is 1. The van der Waals surface area contributed by atoms with E-state index in [0.29, 0.717) is 16.6 Å². The molecule has 1 atom stereocenters. The average molecular weight is 284 g/mol. The molecule has 0 aromatic carbocycles. The summed E-state index contributed by atoms with van der Waals surface area (Å²) in [6.07, 6.45) is 2.60. The van der Waals surface area contributed by atoms with Crippen LogP contribution in [-0.2, 0) is 20.7 Å². The zero-order valence-electron chi connectivity index (χ0n) is 10.6. The Balaban J connectivity index is 1.83. The summed E-state index contributed by atoms with van der Waals surface area (Å²) in [4.78, 5) is 22.8. The Kier molecular flexibility index (Phi) is 4.80. The van der Waals surface area contributed by atoms with Crippen molar-refractivity contribution < 1.29 is 14.3 Å². The molecule has 0 aliphatic carbocycles. The first-order valence-corrected chi connectivity index (χ1v) is 6.94. The number of hydrogen-bond acceptors (Lipinski definition) is 7. The van der Waals surface area contributed by atoms with Gasteiger partial charge in [0.25, 0.3) is 0 Å². The molecular weight excluding hydrogens is 268 g/mol. The molecule has 1 aromatic rings. The van der Waals surface area contributed by atoms with E-state index >= 15 is 0 Å². The SMILES string of the molecule is COC(=O)CCc1nnc(NC(=O)C2CCCN2)s1. The van der Waals surface area contributed by atoms with E-state index in [-0.39, 0.29) is 24.3 Å². The van der Waals surface area contributed by atoms with Gasteiger partial charge in [-0.1, -0.05) is 11.3 Å². The number of carbonyl (C=O) groups excluding carboxylic acids is 2. The van der Waals surface area contributed by atoms with Crippen LogP contribution in [0.1, 0.15) is 24.3 Å². The molecule has 0 spiro atoms. The van der Waals surface area contributed by atoms with Crippen molar-refractivity contribution in [1.82, 2.24) is 15.5 Å². The fourth-order valence-electron chi connectivity index (χ4n) is 1.82. The van der Waals surface area contributed by atoms with E-state index < -0.39 is 0 Å². The molecule has 2 N–H and O–H groups in total. The second-order valence-electron chi connectivity index (χ2n) is 4.22. The molecule has 1 aromatic heterocycles. The van der Waals surface area contributed by atoms with E-state index in [4.69, 9.17) is 0 Å². The van der Waals surface area contributed by atoms with Crippen LogP contribution in [0.25, 0.3) is 0 Å². The summed E-state index contributed by atoms with van der Waals surface area (Å²) in [5, 5.41) is 14.8. The van der Waals surface area contributed by atoms with Crippen LogP contribution in [0.4, 0.5) is 5.13 Å². The van der Waals surface area contributed by atoms with Crippen molar-refractivity contribution in [2.24, 2.45) is 0 Å². The molecule has 1 aliphatic heterocycles. The largest absolute Gasteiger partial charge is 0.469 e. The van der Waals surface area contributed by atoms with Crippen molar-refractivity contribution in [3.63, 3.8) is 0 Å². The molecule has 0 saturated carbocycles. The summed E-state index contributed by atoms with van der Waals surface area (Å²) in [5.74, 6) is -0.357. The molecule has 1 aliphatic rings. The third kappa shape index (κ3) is 3.97. The van der Waals surface area contributed by atoms with Crippen molar-refractivity contribution in [3.8, 4) is 0 Å². The van der Waals surface area contributed by atoms with Crippen LogP contribution >= 0.6 is 11.3 Å². The topological polar surface area (TPSA) is 93.2 Å². The zero-order valence-corrected chi connectivity index (χ0v) is 11.5. The first kappa shape index (κ1) is 13.9. The van der Waals surface area contributed by atoms with Crippen LogP contribution in [-0.4, -0.2) is 41.8 Å². The van der Waals surface area contributed by atoms with Gasteiger partial charge in [0, 0.05) is 6.42 Å². The quantitative estimate of drug-likeness (QED) is 0.757. The molecule has 2 heterocycles. The Bertz CT molecular complexity index is 457. The minimum atomic E-state index is -0.282. The Morgan fingerprint density at radius 3 is 3.05 bits per heavy atom. The zero-order chi connectivity index (χ0) is 13.7. The molecule has 7 nitrogen and oxygen atoms in total. The van der Waals surface area contributed by atoms with Gasteiger partial charge in [-0.25, -0.2) is 0 Å². The van der Waals surface area contributed by atoms with Gasteiger partial charge in [-0.15, -0.1) is 10.2 Å². The predicted molar refractivity (Wildman–Crippen MR) is 69.9 cm³/mol. The lowest BCUT2D eigenvalue weighted by atomic mass is 10.2. The Morgan fingerprint density at radius 2 is 2.37 bits per heavy atom. The van der Waals surface area contributed by atoms with Gasteiger partial charge in [-0.05, 0) is 19.4 Å². The number of rotatable bonds is 5. The normalized spacial score (nSPS) is 18.3. The Labute approximate surface area is 114 Å². The molecule has 104 valence electrons. The number of carbonyl (C=O) groups is 2. The van der Waals surface area contributed by atoms with E-state index in [9.17, 15) is 9.59 Å². The van der Waals surface area contributed by atoms with E-state index in [2.05, 4.69) is 25.6 Å². The van der Waals surface area contributed by atoms with Crippen molar-refractivity contribution >= 4 is 28.3 Å². The first-order valence-electron chi connectivity index (χ1n) is 6.12. The van der Waals surface area contributed by atoms with Gasteiger partial charge < -0.3 is 10.1 Å². The molecule has 19 heavy (non-hydrogen) atoms. The number of hydrogen-bond donors (Lipinski definition) is 2. The van der Waals surface area contributed by atoms with Crippen molar-refractivity contribution in [3.05, 3.63) is 5.01 Å². The monoisotopic (exact) mass is 284 g/mol. The first-order chi connectivity index (χ1) is 9.19. The summed E-state index contributed by atoms with van der Waals surface area (Å²) in [5.41, 5.74) is 0. The molecular formula is C11H16N4O3S. The summed E-state index contributed by atoms with van der Waals surface area (Å²) < 4.78 is 4.55. The van der Waals surface area contributed by atoms with Crippen LogP contribution in [0.15, 0.2) is 0 Å². The van der Waals surface area contributed by atoms with Crippen molar-refractivity contribution in [1.29, 1.82) is 0 Å². The third-order valence-corrected chi connectivity index (χ3v) is 3.74. The van der Waals surface area contributed by atoms with E-state index in [1.54, 1.807) is 0 Å². The van der Waals surface area contributed by atoms with Crippen molar-refractivity contribution in [2.75, 3.05) is 19.0 Å². The van der Waals surface area contributed by atoms with Gasteiger partial charge >= 0.3 is 5.97 Å². The minimum Gasteiger partial charge on any atom is -0.469 e. The van der Waals surface area contributed by atoms with E-state index in [0.717, 1.165) is 19.4 Å². The van der Waals surface area contributed by atoms with Gasteiger partial charge in [0.1, 0.15) is 5.01 Å². The summed E-state index contributed by atoms with van der Waals surface area (Å²) in [7, 11) is 1.35. The summed E-state index contributed by atoms with van der Waals surface area (Å²) in [6, 6.07) is -0.137. The van der Waals surface area contributed by atoms with Crippen LogP contribution in [0, 0.1) is 0 Å². The molecule has 1 fully saturated rings. The number of nitrogens with one attached hydrogen (secondary N) is 2. The number of esters is 1. The second kappa shape index (κ2) is 6.58. The average Bonchev–Trinajstić information content (AvgIpc) is 3.07. The molecule has 2 rings (SSSR count). The van der Waals surface area contributed by atoms with Gasteiger partial charge in [-0.2, -0.15) is 0 Å². The molecule has 0 bridgehead atoms. The number of methoxy groups -OCH3 is 1. The number of amides is 1. The maximum atomic E-state index is 11.8. The third-order valence-electron chi connectivity index (χ3n) is 2.84. The molecule has 0 radical (unpaired) electrons. The number of aromatic nitrogens is 2. The van der Waals surface area contributed by atoms with Gasteiger partial charge in [-0.3, -0.25) is 14.9 Å². The Hall–Kier alpha value is -1.54. The van der Waals surface area contributed by atoms with Crippen LogP contribution in [0.2, 0.25) is 0 Å². The summed E-state index contributed by atoms with van der Waals surface area (Å²) in [6.45, 7) is 0.874. The highest BCUT2D eigenvalue weighted by Crippen LogP contribution is 2.18. The van der Waals surface area contributed by atoms with Crippen molar-refractivity contribution in [2.45, 2.75) is 31.7 Å². The van der Waals surface area contributed by atoms with E-state index in [1.807, 2.05) is 0 Å². The fourth-order valence-corrected chi connectivity index (χ4v) is 2.56. The second-order valence-corrected chi connectivity index (χ2v) is 5.28. The standard InChI is InChI=1S/C11H16N4O3S/c1-18-9(16)5-4-8-14-15-11(19-8)13-10(17)7-3-2-6-12-7/h7,12H,2-6H2,1H3,(H,13,15,17). The van der Waals surface area contributed by atoms with Crippen LogP contribution < -0.4 is 10.6 Å². The maximum absolute atomic E-state index is 11.8. The smallest absolute Gasteiger partial charge is 0.305 e. The lowest BCUT2D eigenvalue weighted by Crippen LogP contribution is -2.35. The van der Waals surface area contributed by atoms with Gasteiger partial charge in [0.15, 0.2) is 0 Å². The molecule has 8 heteroatoms. The molecule has 1 saturated heterocycles. The lowest BCUT2D eigenvalue weighted by molar-refractivity contribution is -0.140. The number of anilines is 1. The van der Waals surface area contributed by atoms with E-state index in [1.165, 1.54) is 18.4 Å².